The summed E-state index contributed by atoms with van der Waals surface area (Å²) in [7, 11) is -0.699. The van der Waals surface area contributed by atoms with Crippen molar-refractivity contribution in [1.82, 2.24) is 4.31 Å². The van der Waals surface area contributed by atoms with Gasteiger partial charge in [-0.1, -0.05) is 30.3 Å². The quantitative estimate of drug-likeness (QED) is 0.743. The third-order valence-corrected chi connectivity index (χ3v) is 4.51. The highest BCUT2D eigenvalue weighted by Gasteiger charge is 2.30. The molecule has 0 bridgehead atoms. The molecule has 0 aliphatic carbocycles. The molecule has 0 saturated carbocycles. The van der Waals surface area contributed by atoms with E-state index in [0.29, 0.717) is 5.56 Å². The van der Waals surface area contributed by atoms with Gasteiger partial charge in [-0.25, -0.2) is 12.7 Å². The summed E-state index contributed by atoms with van der Waals surface area (Å²) in [6, 6.07) is 8.43. The van der Waals surface area contributed by atoms with Crippen molar-refractivity contribution in [1.29, 1.82) is 0 Å². The number of nitrogens with zero attached hydrogens (tertiary/aromatic N) is 1. The largest absolute Gasteiger partial charge is 0.293 e. The molecule has 0 aliphatic rings. The molecular formula is C11H15NO3S. The monoisotopic (exact) mass is 241 g/mol. The Balaban J connectivity index is 3.01. The van der Waals surface area contributed by atoms with Crippen molar-refractivity contribution < 1.29 is 13.2 Å². The molecule has 1 unspecified atom stereocenters. The van der Waals surface area contributed by atoms with Gasteiger partial charge in [-0.3, -0.25) is 4.79 Å². The molecule has 1 rings (SSSR count). The first kappa shape index (κ1) is 12.9. The van der Waals surface area contributed by atoms with E-state index in [9.17, 15) is 13.2 Å². The second kappa shape index (κ2) is 4.76. The van der Waals surface area contributed by atoms with Gasteiger partial charge in [0.1, 0.15) is 5.25 Å². The zero-order chi connectivity index (χ0) is 12.3. The molecular weight excluding hydrogens is 226 g/mol. The van der Waals surface area contributed by atoms with Crippen LogP contribution in [0.4, 0.5) is 0 Å². The fourth-order valence-corrected chi connectivity index (χ4v) is 2.33. The highest BCUT2D eigenvalue weighted by atomic mass is 32.2. The number of hydrogen-bond acceptors (Lipinski definition) is 3. The van der Waals surface area contributed by atoms with Crippen molar-refractivity contribution in [3.63, 3.8) is 0 Å². The number of sulfonamides is 1. The average Bonchev–Trinajstić information content (AvgIpc) is 2.28. The summed E-state index contributed by atoms with van der Waals surface area (Å²) in [4.78, 5) is 11.9. The van der Waals surface area contributed by atoms with Gasteiger partial charge in [-0.15, -0.1) is 0 Å². The molecule has 88 valence electrons. The normalized spacial score (nSPS) is 13.8. The van der Waals surface area contributed by atoms with Crippen LogP contribution in [0.5, 0.6) is 0 Å². The SMILES string of the molecule is CC(C(=O)c1ccccc1)S(=O)(=O)N(C)C. The van der Waals surface area contributed by atoms with Crippen LogP contribution in [-0.4, -0.2) is 37.9 Å². The smallest absolute Gasteiger partial charge is 0.223 e. The summed E-state index contributed by atoms with van der Waals surface area (Å²) in [5.41, 5.74) is 0.417. The summed E-state index contributed by atoms with van der Waals surface area (Å²) >= 11 is 0. The van der Waals surface area contributed by atoms with Crippen LogP contribution in [-0.2, 0) is 10.0 Å². The third-order valence-electron chi connectivity index (χ3n) is 2.38. The minimum Gasteiger partial charge on any atom is -0.293 e. The first-order valence-corrected chi connectivity index (χ1v) is 6.38. The van der Waals surface area contributed by atoms with Crippen molar-refractivity contribution in [2.75, 3.05) is 14.1 Å². The number of benzene rings is 1. The van der Waals surface area contributed by atoms with Crippen LogP contribution in [0.3, 0.4) is 0 Å². The lowest BCUT2D eigenvalue weighted by atomic mass is 10.1. The summed E-state index contributed by atoms with van der Waals surface area (Å²) in [5.74, 6) is -0.380. The number of rotatable bonds is 4. The summed E-state index contributed by atoms with van der Waals surface area (Å²) in [6.45, 7) is 1.41. The van der Waals surface area contributed by atoms with Gasteiger partial charge in [0, 0.05) is 19.7 Å². The third kappa shape index (κ3) is 2.48. The maximum Gasteiger partial charge on any atom is 0.223 e. The van der Waals surface area contributed by atoms with Crippen LogP contribution in [0.15, 0.2) is 30.3 Å². The second-order valence-corrected chi connectivity index (χ2v) is 6.17. The van der Waals surface area contributed by atoms with Crippen LogP contribution >= 0.6 is 0 Å². The number of carbonyl (C=O) groups excluding carboxylic acids is 1. The Labute approximate surface area is 95.9 Å². The number of ketones is 1. The summed E-state index contributed by atoms with van der Waals surface area (Å²) in [5, 5.41) is -1.05. The van der Waals surface area contributed by atoms with E-state index in [4.69, 9.17) is 0 Å². The first-order valence-electron chi connectivity index (χ1n) is 4.88. The Morgan fingerprint density at radius 1 is 1.19 bits per heavy atom. The highest BCUT2D eigenvalue weighted by molar-refractivity contribution is 7.90. The highest BCUT2D eigenvalue weighted by Crippen LogP contribution is 2.12. The molecule has 0 amide bonds. The van der Waals surface area contributed by atoms with E-state index in [1.165, 1.54) is 21.0 Å². The van der Waals surface area contributed by atoms with E-state index in [-0.39, 0.29) is 5.78 Å². The van der Waals surface area contributed by atoms with Gasteiger partial charge in [-0.05, 0) is 6.92 Å². The molecule has 0 aromatic heterocycles. The minimum atomic E-state index is -3.54. The van der Waals surface area contributed by atoms with E-state index < -0.39 is 15.3 Å². The van der Waals surface area contributed by atoms with Crippen LogP contribution in [0.25, 0.3) is 0 Å². The van der Waals surface area contributed by atoms with E-state index >= 15 is 0 Å². The lowest BCUT2D eigenvalue weighted by Crippen LogP contribution is -2.36. The lowest BCUT2D eigenvalue weighted by molar-refractivity contribution is 0.0990. The molecule has 0 saturated heterocycles. The van der Waals surface area contributed by atoms with E-state index in [0.717, 1.165) is 4.31 Å². The predicted octanol–water partition coefficient (Wildman–Crippen LogP) is 1.15. The van der Waals surface area contributed by atoms with Crippen molar-refractivity contribution in [2.45, 2.75) is 12.2 Å². The van der Waals surface area contributed by atoms with Gasteiger partial charge in [0.25, 0.3) is 0 Å². The Bertz CT molecular complexity index is 465. The number of carbonyl (C=O) groups is 1. The minimum absolute atomic E-state index is 0.380. The van der Waals surface area contributed by atoms with Crippen molar-refractivity contribution in [2.24, 2.45) is 0 Å². The van der Waals surface area contributed by atoms with Gasteiger partial charge in [-0.2, -0.15) is 0 Å². The molecule has 16 heavy (non-hydrogen) atoms. The summed E-state index contributed by atoms with van der Waals surface area (Å²) < 4.78 is 24.6. The van der Waals surface area contributed by atoms with E-state index in [1.807, 2.05) is 0 Å². The van der Waals surface area contributed by atoms with E-state index in [2.05, 4.69) is 0 Å². The fourth-order valence-electron chi connectivity index (χ4n) is 1.29. The molecule has 1 atom stereocenters. The lowest BCUT2D eigenvalue weighted by Gasteiger charge is -2.16. The Morgan fingerprint density at radius 2 is 1.69 bits per heavy atom. The van der Waals surface area contributed by atoms with Gasteiger partial charge >= 0.3 is 0 Å². The molecule has 0 spiro atoms. The predicted molar refractivity (Wildman–Crippen MR) is 62.8 cm³/mol. The van der Waals surface area contributed by atoms with E-state index in [1.54, 1.807) is 30.3 Å². The molecule has 1 aromatic rings. The topological polar surface area (TPSA) is 54.5 Å². The van der Waals surface area contributed by atoms with Crippen LogP contribution in [0, 0.1) is 0 Å². The van der Waals surface area contributed by atoms with Crippen LogP contribution < -0.4 is 0 Å². The van der Waals surface area contributed by atoms with Gasteiger partial charge in [0.05, 0.1) is 0 Å². The Morgan fingerprint density at radius 3 is 2.12 bits per heavy atom. The molecule has 5 heteroatoms. The van der Waals surface area contributed by atoms with Gasteiger partial charge < -0.3 is 0 Å². The van der Waals surface area contributed by atoms with Crippen molar-refractivity contribution in [3.8, 4) is 0 Å². The molecule has 0 radical (unpaired) electrons. The first-order chi connectivity index (χ1) is 7.37. The summed E-state index contributed by atoms with van der Waals surface area (Å²) in [6.07, 6.45) is 0. The number of Topliss-reactive ketones (excluding diaryl/α,β-unsaturated/α-hetero) is 1. The van der Waals surface area contributed by atoms with Crippen LogP contribution in [0.1, 0.15) is 17.3 Å². The van der Waals surface area contributed by atoms with Gasteiger partial charge in [0.2, 0.25) is 10.0 Å². The molecule has 4 nitrogen and oxygen atoms in total. The molecule has 0 aliphatic heterocycles. The second-order valence-electron chi connectivity index (χ2n) is 3.70. The maximum absolute atomic E-state index is 11.9. The maximum atomic E-state index is 11.9. The zero-order valence-corrected chi connectivity index (χ0v) is 10.4. The van der Waals surface area contributed by atoms with Gasteiger partial charge in [0.15, 0.2) is 5.78 Å². The Hall–Kier alpha value is -1.20. The fraction of sp³-hybridized carbons (Fsp3) is 0.364. The number of hydrogen-bond donors (Lipinski definition) is 0. The van der Waals surface area contributed by atoms with Crippen molar-refractivity contribution in [3.05, 3.63) is 35.9 Å². The molecule has 0 heterocycles. The Kier molecular flexibility index (Phi) is 3.83. The van der Waals surface area contributed by atoms with Crippen LogP contribution in [0.2, 0.25) is 0 Å². The zero-order valence-electron chi connectivity index (χ0n) is 9.54. The molecule has 0 N–H and O–H groups in total. The average molecular weight is 241 g/mol. The standard InChI is InChI=1S/C11H15NO3S/c1-9(16(14,15)12(2)3)11(13)10-7-5-4-6-8-10/h4-9H,1-3H3. The molecule has 1 aromatic carbocycles. The van der Waals surface area contributed by atoms with Crippen molar-refractivity contribution >= 4 is 15.8 Å². The molecule has 0 fully saturated rings.